The molecule has 1 aliphatic carbocycles. The molecule has 1 aromatic rings. The van der Waals surface area contributed by atoms with Crippen molar-refractivity contribution in [2.75, 3.05) is 13.7 Å². The Kier molecular flexibility index (Phi) is 5.23. The summed E-state index contributed by atoms with van der Waals surface area (Å²) < 4.78 is 34.1. The third-order valence-corrected chi connectivity index (χ3v) is 4.76. The fourth-order valence-electron chi connectivity index (χ4n) is 3.45. The smallest absolute Gasteiger partial charge is 0.345 e. The summed E-state index contributed by atoms with van der Waals surface area (Å²) in [6.07, 6.45) is 2.43. The number of carbonyl (C=O) groups excluding carboxylic acids is 1. The molecule has 0 spiro atoms. The van der Waals surface area contributed by atoms with E-state index >= 15 is 0 Å². The maximum atomic E-state index is 12.7. The highest BCUT2D eigenvalue weighted by molar-refractivity contribution is 5.79. The number of methoxy groups -OCH3 is 1. The third-order valence-electron chi connectivity index (χ3n) is 4.76. The average Bonchev–Trinajstić information content (AvgIpc) is 2.60. The Bertz CT molecular complexity index is 592. The Morgan fingerprint density at radius 1 is 1.29 bits per heavy atom. The number of ether oxygens (including phenoxy) is 2. The van der Waals surface area contributed by atoms with E-state index in [1.165, 1.54) is 7.11 Å². The van der Waals surface area contributed by atoms with Crippen LogP contribution in [-0.4, -0.2) is 47.4 Å². The zero-order chi connectivity index (χ0) is 17.1. The highest BCUT2D eigenvalue weighted by Gasteiger charge is 2.32. The van der Waals surface area contributed by atoms with Gasteiger partial charge in [0.25, 0.3) is 0 Å². The van der Waals surface area contributed by atoms with Crippen molar-refractivity contribution in [1.29, 1.82) is 0 Å². The van der Waals surface area contributed by atoms with Crippen LogP contribution in [0.3, 0.4) is 0 Å². The van der Waals surface area contributed by atoms with Gasteiger partial charge >= 0.3 is 6.61 Å². The van der Waals surface area contributed by atoms with Crippen LogP contribution in [0, 0.1) is 5.92 Å². The number of hydrogen-bond acceptors (Lipinski definition) is 5. The summed E-state index contributed by atoms with van der Waals surface area (Å²) >= 11 is 0. The topological polar surface area (TPSA) is 64.6 Å². The maximum absolute atomic E-state index is 12.7. The zero-order valence-electron chi connectivity index (χ0n) is 13.6. The number of alkyl halides is 2. The lowest BCUT2D eigenvalue weighted by molar-refractivity contribution is -0.173. The van der Waals surface area contributed by atoms with Crippen molar-refractivity contribution in [3.8, 4) is 5.88 Å². The Morgan fingerprint density at radius 3 is 2.71 bits per heavy atom. The minimum Gasteiger partial charge on any atom is -0.480 e. The quantitative estimate of drug-likeness (QED) is 0.840. The second-order valence-corrected chi connectivity index (χ2v) is 6.24. The molecular formula is C16H21F2N3O3. The molecule has 24 heavy (non-hydrogen) atoms. The van der Waals surface area contributed by atoms with Crippen molar-refractivity contribution in [3.63, 3.8) is 0 Å². The molecule has 132 valence electrons. The molecule has 0 N–H and O–H groups in total. The maximum Gasteiger partial charge on any atom is 0.345 e. The number of nitrogens with zero attached hydrogens (tertiary/aromatic N) is 3. The second-order valence-electron chi connectivity index (χ2n) is 6.24. The van der Waals surface area contributed by atoms with Crippen LogP contribution in [0.5, 0.6) is 5.88 Å². The lowest BCUT2D eigenvalue weighted by Gasteiger charge is -2.34. The van der Waals surface area contributed by atoms with Crippen molar-refractivity contribution < 1.29 is 23.0 Å². The standard InChI is InChI=1S/C16H21F2N3O3/c1-23-14-8-11-9-21(7-6-13(11)19-20-14)15(22)10-2-4-12(5-3-10)24-16(17)18/h8,10,12,16H,2-7,9H2,1H3. The fourth-order valence-corrected chi connectivity index (χ4v) is 3.45. The van der Waals surface area contributed by atoms with Crippen LogP contribution in [0.4, 0.5) is 8.78 Å². The molecule has 0 unspecified atom stereocenters. The number of hydrogen-bond donors (Lipinski definition) is 0. The predicted molar refractivity (Wildman–Crippen MR) is 80.5 cm³/mol. The summed E-state index contributed by atoms with van der Waals surface area (Å²) in [4.78, 5) is 14.5. The molecule has 3 rings (SSSR count). The van der Waals surface area contributed by atoms with E-state index in [0.29, 0.717) is 51.1 Å². The van der Waals surface area contributed by atoms with Crippen LogP contribution in [0.1, 0.15) is 36.9 Å². The molecular weight excluding hydrogens is 320 g/mol. The number of carbonyl (C=O) groups is 1. The Morgan fingerprint density at radius 2 is 2.04 bits per heavy atom. The van der Waals surface area contributed by atoms with Crippen LogP contribution in [0.2, 0.25) is 0 Å². The number of rotatable bonds is 4. The van der Waals surface area contributed by atoms with Crippen LogP contribution in [0.15, 0.2) is 6.07 Å². The van der Waals surface area contributed by atoms with E-state index in [4.69, 9.17) is 4.74 Å². The largest absolute Gasteiger partial charge is 0.480 e. The van der Waals surface area contributed by atoms with E-state index in [2.05, 4.69) is 14.9 Å². The van der Waals surface area contributed by atoms with E-state index in [1.54, 1.807) is 0 Å². The predicted octanol–water partition coefficient (Wildman–Crippen LogP) is 2.17. The van der Waals surface area contributed by atoms with Crippen LogP contribution in [-0.2, 0) is 22.5 Å². The number of fused-ring (bicyclic) bond motifs is 1. The fraction of sp³-hybridized carbons (Fsp3) is 0.688. The molecule has 1 amide bonds. The van der Waals surface area contributed by atoms with E-state index in [9.17, 15) is 13.6 Å². The van der Waals surface area contributed by atoms with E-state index in [0.717, 1.165) is 11.3 Å². The first kappa shape index (κ1) is 17.0. The van der Waals surface area contributed by atoms with Crippen molar-refractivity contribution in [1.82, 2.24) is 15.1 Å². The van der Waals surface area contributed by atoms with Crippen molar-refractivity contribution in [2.24, 2.45) is 5.92 Å². The SMILES string of the molecule is COc1cc2c(nn1)CCN(C(=O)C1CCC(OC(F)F)CC1)C2. The first-order valence-electron chi connectivity index (χ1n) is 8.18. The van der Waals surface area contributed by atoms with Gasteiger partial charge in [0.15, 0.2) is 0 Å². The summed E-state index contributed by atoms with van der Waals surface area (Å²) in [7, 11) is 1.53. The number of amides is 1. The average molecular weight is 341 g/mol. The van der Waals surface area contributed by atoms with Crippen LogP contribution < -0.4 is 4.74 Å². The Hall–Kier alpha value is -1.83. The van der Waals surface area contributed by atoms with Crippen LogP contribution >= 0.6 is 0 Å². The summed E-state index contributed by atoms with van der Waals surface area (Å²) in [5.41, 5.74) is 1.85. The van der Waals surface area contributed by atoms with Gasteiger partial charge in [-0.2, -0.15) is 13.9 Å². The highest BCUT2D eigenvalue weighted by atomic mass is 19.3. The van der Waals surface area contributed by atoms with E-state index < -0.39 is 12.7 Å². The molecule has 2 aliphatic rings. The molecule has 0 atom stereocenters. The third kappa shape index (κ3) is 3.80. The summed E-state index contributed by atoms with van der Waals surface area (Å²) in [5, 5.41) is 8.08. The molecule has 1 saturated carbocycles. The van der Waals surface area contributed by atoms with Crippen LogP contribution in [0.25, 0.3) is 0 Å². The minimum absolute atomic E-state index is 0.0897. The molecule has 0 radical (unpaired) electrons. The van der Waals surface area contributed by atoms with Gasteiger partial charge in [-0.05, 0) is 25.7 Å². The van der Waals surface area contributed by atoms with Crippen molar-refractivity contribution in [3.05, 3.63) is 17.3 Å². The van der Waals surface area contributed by atoms with Gasteiger partial charge in [-0.25, -0.2) is 0 Å². The highest BCUT2D eigenvalue weighted by Crippen LogP contribution is 2.30. The van der Waals surface area contributed by atoms with E-state index in [1.807, 2.05) is 11.0 Å². The normalized spacial score (nSPS) is 23.9. The minimum atomic E-state index is -2.74. The van der Waals surface area contributed by atoms with Gasteiger partial charge in [-0.15, -0.1) is 5.10 Å². The van der Waals surface area contributed by atoms with Gasteiger partial charge in [0.2, 0.25) is 11.8 Å². The molecule has 1 aliphatic heterocycles. The summed E-state index contributed by atoms with van der Waals surface area (Å²) in [6.45, 7) is -1.63. The molecule has 8 heteroatoms. The molecule has 2 heterocycles. The zero-order valence-corrected chi connectivity index (χ0v) is 13.6. The molecule has 1 fully saturated rings. The lowest BCUT2D eigenvalue weighted by Crippen LogP contribution is -2.41. The van der Waals surface area contributed by atoms with Gasteiger partial charge in [-0.1, -0.05) is 0 Å². The lowest BCUT2D eigenvalue weighted by atomic mass is 9.86. The van der Waals surface area contributed by atoms with Gasteiger partial charge in [0.05, 0.1) is 18.9 Å². The molecule has 0 aromatic carbocycles. The van der Waals surface area contributed by atoms with E-state index in [-0.39, 0.29) is 11.8 Å². The van der Waals surface area contributed by atoms with Crippen molar-refractivity contribution >= 4 is 5.91 Å². The van der Waals surface area contributed by atoms with Gasteiger partial charge in [0.1, 0.15) is 0 Å². The molecule has 1 aromatic heterocycles. The molecule has 6 nitrogen and oxygen atoms in total. The molecule has 0 bridgehead atoms. The first-order valence-corrected chi connectivity index (χ1v) is 8.18. The van der Waals surface area contributed by atoms with Gasteiger partial charge in [-0.3, -0.25) is 4.79 Å². The first-order chi connectivity index (χ1) is 11.6. The number of halogens is 2. The monoisotopic (exact) mass is 341 g/mol. The van der Waals surface area contributed by atoms with Gasteiger partial charge < -0.3 is 14.4 Å². The Balaban J connectivity index is 1.58. The Labute approximate surface area is 139 Å². The van der Waals surface area contributed by atoms with Crippen molar-refractivity contribution in [2.45, 2.75) is 51.4 Å². The molecule has 0 saturated heterocycles. The second kappa shape index (κ2) is 7.38. The number of aromatic nitrogens is 2. The summed E-state index contributed by atoms with van der Waals surface area (Å²) in [5.74, 6) is 0.417. The van der Waals surface area contributed by atoms with Gasteiger partial charge in [0, 0.05) is 37.1 Å². The summed E-state index contributed by atoms with van der Waals surface area (Å²) in [6, 6.07) is 1.81.